The van der Waals surface area contributed by atoms with Crippen molar-refractivity contribution >= 4 is 51.1 Å². The van der Waals surface area contributed by atoms with Crippen LogP contribution in [0, 0.1) is 0 Å². The van der Waals surface area contributed by atoms with Crippen LogP contribution in [-0.2, 0) is 4.79 Å². The number of aromatic nitrogens is 5. The second-order valence-electron chi connectivity index (χ2n) is 7.89. The summed E-state index contributed by atoms with van der Waals surface area (Å²) < 4.78 is 0. The Hall–Kier alpha value is -3.46. The molecule has 32 heavy (non-hydrogen) atoms. The summed E-state index contributed by atoms with van der Waals surface area (Å²) in [6, 6.07) is 7.81. The van der Waals surface area contributed by atoms with Gasteiger partial charge in [-0.25, -0.2) is 19.9 Å². The van der Waals surface area contributed by atoms with E-state index in [-0.39, 0.29) is 11.9 Å². The maximum Gasteiger partial charge on any atom is 0.219 e. The van der Waals surface area contributed by atoms with Gasteiger partial charge in [-0.3, -0.25) is 4.79 Å². The van der Waals surface area contributed by atoms with Crippen LogP contribution in [0.25, 0.3) is 21.9 Å². The van der Waals surface area contributed by atoms with Crippen LogP contribution in [0.15, 0.2) is 36.9 Å². The molecule has 0 saturated carbocycles. The molecule has 1 amide bonds. The molecule has 1 aliphatic heterocycles. The molecule has 0 radical (unpaired) electrons. The fourth-order valence-corrected chi connectivity index (χ4v) is 4.37. The number of benzene rings is 1. The molecule has 0 aliphatic carbocycles. The summed E-state index contributed by atoms with van der Waals surface area (Å²) in [7, 11) is 0. The van der Waals surface area contributed by atoms with E-state index < -0.39 is 0 Å². The van der Waals surface area contributed by atoms with Crippen molar-refractivity contribution in [2.24, 2.45) is 0 Å². The molecule has 1 fully saturated rings. The van der Waals surface area contributed by atoms with Crippen molar-refractivity contribution in [1.29, 1.82) is 0 Å². The Morgan fingerprint density at radius 2 is 2.00 bits per heavy atom. The average molecular weight is 451 g/mol. The van der Waals surface area contributed by atoms with Crippen molar-refractivity contribution in [3.05, 3.63) is 47.6 Å². The number of anilines is 2. The lowest BCUT2D eigenvalue weighted by Gasteiger charge is -2.36. The van der Waals surface area contributed by atoms with Gasteiger partial charge >= 0.3 is 0 Å². The van der Waals surface area contributed by atoms with E-state index in [9.17, 15) is 4.79 Å². The zero-order valence-corrected chi connectivity index (χ0v) is 18.6. The summed E-state index contributed by atoms with van der Waals surface area (Å²) in [5.41, 5.74) is 2.23. The number of pyridine rings is 1. The lowest BCUT2D eigenvalue weighted by atomic mass is 10.1. The summed E-state index contributed by atoms with van der Waals surface area (Å²) >= 11 is 6.60. The summed E-state index contributed by atoms with van der Waals surface area (Å²) in [6.07, 6.45) is 3.09. The van der Waals surface area contributed by atoms with E-state index in [1.54, 1.807) is 13.3 Å². The van der Waals surface area contributed by atoms with Crippen LogP contribution in [0.5, 0.6) is 0 Å². The first-order valence-corrected chi connectivity index (χ1v) is 10.9. The van der Waals surface area contributed by atoms with Gasteiger partial charge in [0.1, 0.15) is 17.7 Å². The van der Waals surface area contributed by atoms with E-state index in [1.807, 2.05) is 30.0 Å². The van der Waals surface area contributed by atoms with Crippen molar-refractivity contribution in [3.63, 3.8) is 0 Å². The van der Waals surface area contributed by atoms with Gasteiger partial charge in [-0.2, -0.15) is 0 Å². The van der Waals surface area contributed by atoms with E-state index in [2.05, 4.69) is 36.2 Å². The molecule has 2 N–H and O–H groups in total. The number of rotatable bonds is 4. The number of H-pyrrole nitrogens is 1. The summed E-state index contributed by atoms with van der Waals surface area (Å²) in [5, 5.41) is 6.05. The van der Waals surface area contributed by atoms with E-state index in [1.165, 1.54) is 6.33 Å². The zero-order valence-electron chi connectivity index (χ0n) is 17.8. The van der Waals surface area contributed by atoms with E-state index >= 15 is 0 Å². The van der Waals surface area contributed by atoms with Gasteiger partial charge in [-0.05, 0) is 24.4 Å². The summed E-state index contributed by atoms with van der Waals surface area (Å²) in [4.78, 5) is 36.6. The number of amides is 1. The first kappa shape index (κ1) is 20.4. The van der Waals surface area contributed by atoms with Crippen LogP contribution in [0.4, 0.5) is 11.6 Å². The van der Waals surface area contributed by atoms with Crippen molar-refractivity contribution in [1.82, 2.24) is 29.8 Å². The van der Waals surface area contributed by atoms with E-state index in [0.717, 1.165) is 27.8 Å². The van der Waals surface area contributed by atoms with Gasteiger partial charge in [0, 0.05) is 38.5 Å². The molecular formula is C22H23ClN8O. The van der Waals surface area contributed by atoms with E-state index in [0.29, 0.717) is 42.7 Å². The molecule has 3 aromatic heterocycles. The highest BCUT2D eigenvalue weighted by Gasteiger charge is 2.23. The predicted octanol–water partition coefficient (Wildman–Crippen LogP) is 3.40. The number of nitrogens with one attached hydrogen (secondary N) is 2. The number of piperazine rings is 1. The molecular weight excluding hydrogens is 428 g/mol. The number of halogens is 1. The minimum Gasteiger partial charge on any atom is -0.360 e. The molecule has 1 aliphatic rings. The second kappa shape index (κ2) is 8.23. The van der Waals surface area contributed by atoms with Crippen LogP contribution < -0.4 is 10.2 Å². The predicted molar refractivity (Wildman–Crippen MR) is 125 cm³/mol. The third-order valence-electron chi connectivity index (χ3n) is 5.85. The molecule has 1 unspecified atom stereocenters. The number of aromatic amines is 1. The Balaban J connectivity index is 1.51. The van der Waals surface area contributed by atoms with Crippen LogP contribution in [-0.4, -0.2) is 61.9 Å². The molecule has 5 rings (SSSR count). The van der Waals surface area contributed by atoms with Crippen molar-refractivity contribution in [2.75, 3.05) is 36.4 Å². The van der Waals surface area contributed by atoms with Crippen LogP contribution >= 0.6 is 11.6 Å². The third kappa shape index (κ3) is 3.69. The number of hydrogen-bond donors (Lipinski definition) is 2. The van der Waals surface area contributed by atoms with Crippen molar-refractivity contribution in [2.45, 2.75) is 19.9 Å². The lowest BCUT2D eigenvalue weighted by molar-refractivity contribution is -0.129. The highest BCUT2D eigenvalue weighted by molar-refractivity contribution is 6.36. The molecule has 1 atom stereocenters. The molecule has 4 heterocycles. The smallest absolute Gasteiger partial charge is 0.219 e. The highest BCUT2D eigenvalue weighted by Crippen LogP contribution is 2.34. The number of imidazole rings is 1. The Kier molecular flexibility index (Phi) is 5.26. The van der Waals surface area contributed by atoms with Crippen LogP contribution in [0.2, 0.25) is 5.02 Å². The number of hydrogen-bond acceptors (Lipinski definition) is 7. The zero-order chi connectivity index (χ0) is 22.2. The Morgan fingerprint density at radius 1 is 1.19 bits per heavy atom. The molecule has 1 saturated heterocycles. The van der Waals surface area contributed by atoms with Gasteiger partial charge in [0.25, 0.3) is 0 Å². The van der Waals surface area contributed by atoms with Crippen LogP contribution in [0.1, 0.15) is 25.6 Å². The molecule has 10 heteroatoms. The van der Waals surface area contributed by atoms with Gasteiger partial charge in [-0.1, -0.05) is 23.7 Å². The fourth-order valence-electron chi connectivity index (χ4n) is 4.10. The van der Waals surface area contributed by atoms with Gasteiger partial charge in [0.05, 0.1) is 23.1 Å². The minimum absolute atomic E-state index is 0.0991. The van der Waals surface area contributed by atoms with Crippen molar-refractivity contribution in [3.8, 4) is 0 Å². The maximum atomic E-state index is 11.7. The number of carbonyl (C=O) groups excluding carboxylic acids is 1. The average Bonchev–Trinajstić information content (AvgIpc) is 3.28. The van der Waals surface area contributed by atoms with Gasteiger partial charge < -0.3 is 20.1 Å². The fraction of sp³-hybridized carbons (Fsp3) is 0.318. The summed E-state index contributed by atoms with van der Waals surface area (Å²) in [5.74, 6) is 1.61. The molecule has 1 aromatic carbocycles. The molecule has 0 spiro atoms. The molecule has 9 nitrogen and oxygen atoms in total. The third-order valence-corrected chi connectivity index (χ3v) is 6.17. The molecule has 4 aromatic rings. The van der Waals surface area contributed by atoms with E-state index in [4.69, 9.17) is 16.6 Å². The topological polar surface area (TPSA) is 103 Å². The van der Waals surface area contributed by atoms with Gasteiger partial charge in [0.15, 0.2) is 11.5 Å². The normalized spacial score (nSPS) is 15.3. The Morgan fingerprint density at radius 3 is 2.78 bits per heavy atom. The molecule has 164 valence electrons. The minimum atomic E-state index is -0.128. The number of nitrogens with zero attached hydrogens (tertiary/aromatic N) is 6. The first-order chi connectivity index (χ1) is 15.5. The monoisotopic (exact) mass is 450 g/mol. The summed E-state index contributed by atoms with van der Waals surface area (Å²) in [6.45, 7) is 6.40. The lowest BCUT2D eigenvalue weighted by Crippen LogP contribution is -2.48. The standard InChI is InChI=1S/C22H23ClN8O/c1-13(28-21-19-20(25-11-24-19)26-12-27-21)17-10-15-4-3-5-16(23)18(15)22(29-17)31-8-6-30(7-9-31)14(2)32/h3-5,10-13H,6-9H2,1-2H3,(H2,24,25,26,27,28). The molecule has 0 bridgehead atoms. The van der Waals surface area contributed by atoms with Gasteiger partial charge in [-0.15, -0.1) is 0 Å². The SMILES string of the molecule is CC(=O)N1CCN(c2nc(C(C)Nc3ncnc4nc[nH]c34)cc3cccc(Cl)c23)CC1. The first-order valence-electron chi connectivity index (χ1n) is 10.5. The number of fused-ring (bicyclic) bond motifs is 2. The maximum absolute atomic E-state index is 11.7. The Labute approximate surface area is 189 Å². The quantitative estimate of drug-likeness (QED) is 0.491. The highest BCUT2D eigenvalue weighted by atomic mass is 35.5. The van der Waals surface area contributed by atoms with Crippen molar-refractivity contribution < 1.29 is 4.79 Å². The largest absolute Gasteiger partial charge is 0.360 e. The number of carbonyl (C=O) groups is 1. The van der Waals surface area contributed by atoms with Gasteiger partial charge in [0.2, 0.25) is 5.91 Å². The van der Waals surface area contributed by atoms with Crippen LogP contribution in [0.3, 0.4) is 0 Å². The Bertz CT molecular complexity index is 1300. The second-order valence-corrected chi connectivity index (χ2v) is 8.30.